The lowest BCUT2D eigenvalue weighted by molar-refractivity contribution is -0.145. The number of benzene rings is 2. The van der Waals surface area contributed by atoms with Crippen LogP contribution in [0.5, 0.6) is 0 Å². The van der Waals surface area contributed by atoms with E-state index >= 15 is 0 Å². The maximum atomic E-state index is 10.9. The predicted molar refractivity (Wildman–Crippen MR) is 101 cm³/mol. The lowest BCUT2D eigenvalue weighted by Gasteiger charge is -2.33. The molecule has 27 heavy (non-hydrogen) atoms. The average Bonchev–Trinajstić information content (AvgIpc) is 3.10. The molecule has 0 spiro atoms. The van der Waals surface area contributed by atoms with Crippen LogP contribution in [0, 0.1) is 12.8 Å². The Bertz CT molecular complexity index is 961. The Morgan fingerprint density at radius 1 is 1.22 bits per heavy atom. The topological polar surface area (TPSA) is 88.2 Å². The Labute approximate surface area is 157 Å². The van der Waals surface area contributed by atoms with Crippen molar-refractivity contribution >= 4 is 5.97 Å². The molecule has 2 N–H and O–H groups in total. The fraction of sp³-hybridized carbons (Fsp3) is 0.286. The second-order valence-corrected chi connectivity index (χ2v) is 7.02. The van der Waals surface area contributed by atoms with Crippen molar-refractivity contribution in [3.63, 3.8) is 0 Å². The van der Waals surface area contributed by atoms with Gasteiger partial charge in [-0.25, -0.2) is 0 Å². The summed E-state index contributed by atoms with van der Waals surface area (Å²) in [5, 5.41) is 16.5. The molecule has 0 saturated heterocycles. The second-order valence-electron chi connectivity index (χ2n) is 7.02. The third kappa shape index (κ3) is 3.75. The minimum absolute atomic E-state index is 0.201. The summed E-state index contributed by atoms with van der Waals surface area (Å²) in [7, 11) is 0. The van der Waals surface area contributed by atoms with Crippen molar-refractivity contribution in [3.05, 3.63) is 59.7 Å². The smallest absolute Gasteiger partial charge is 0.306 e. The molecule has 1 aliphatic carbocycles. The van der Waals surface area contributed by atoms with Gasteiger partial charge in [0, 0.05) is 23.7 Å². The molecular weight excluding hydrogens is 342 g/mol. The van der Waals surface area contributed by atoms with Crippen LogP contribution in [0.3, 0.4) is 0 Å². The molecule has 0 aliphatic heterocycles. The number of nitrogens with one attached hydrogen (secondary N) is 1. The fourth-order valence-corrected chi connectivity index (χ4v) is 3.33. The Morgan fingerprint density at radius 3 is 2.81 bits per heavy atom. The summed E-state index contributed by atoms with van der Waals surface area (Å²) >= 11 is 0. The number of carboxylic acids is 1. The van der Waals surface area contributed by atoms with Crippen molar-refractivity contribution in [2.75, 3.05) is 0 Å². The van der Waals surface area contributed by atoms with E-state index in [0.29, 0.717) is 31.1 Å². The molecule has 0 atom stereocenters. The van der Waals surface area contributed by atoms with Gasteiger partial charge in [0.15, 0.2) is 0 Å². The number of rotatable bonds is 6. The van der Waals surface area contributed by atoms with Gasteiger partial charge in [0.05, 0.1) is 5.92 Å². The molecular formula is C21H21N3O3. The van der Waals surface area contributed by atoms with Gasteiger partial charge < -0.3 is 14.9 Å². The zero-order valence-corrected chi connectivity index (χ0v) is 15.1. The molecule has 0 unspecified atom stereocenters. The minimum Gasteiger partial charge on any atom is -0.481 e. The van der Waals surface area contributed by atoms with E-state index in [-0.39, 0.29) is 12.0 Å². The van der Waals surface area contributed by atoms with Crippen LogP contribution in [-0.4, -0.2) is 27.3 Å². The average molecular weight is 363 g/mol. The van der Waals surface area contributed by atoms with Crippen LogP contribution in [0.2, 0.25) is 0 Å². The van der Waals surface area contributed by atoms with E-state index < -0.39 is 5.97 Å². The summed E-state index contributed by atoms with van der Waals surface area (Å²) < 4.78 is 5.45. The van der Waals surface area contributed by atoms with Crippen LogP contribution in [-0.2, 0) is 11.3 Å². The standard InChI is InChI=1S/C21H21N3O3/c1-13-5-2-3-8-18(13)20-23-19(24-27-20)15-7-4-6-14(9-15)12-22-17-10-16(11-17)21(25)26/h2-9,16-17,22H,10-12H2,1H3,(H,25,26). The number of aromatic nitrogens is 2. The van der Waals surface area contributed by atoms with Crippen molar-refractivity contribution in [3.8, 4) is 22.8 Å². The van der Waals surface area contributed by atoms with Crippen molar-refractivity contribution in [2.45, 2.75) is 32.4 Å². The maximum Gasteiger partial charge on any atom is 0.306 e. The monoisotopic (exact) mass is 363 g/mol. The largest absolute Gasteiger partial charge is 0.481 e. The molecule has 3 aromatic rings. The summed E-state index contributed by atoms with van der Waals surface area (Å²) in [6, 6.07) is 16.2. The number of nitrogens with zero attached hydrogens (tertiary/aromatic N) is 2. The van der Waals surface area contributed by atoms with E-state index in [4.69, 9.17) is 9.63 Å². The molecule has 6 heteroatoms. The van der Waals surface area contributed by atoms with Gasteiger partial charge in [-0.3, -0.25) is 4.79 Å². The fourth-order valence-electron chi connectivity index (χ4n) is 3.33. The molecule has 2 aromatic carbocycles. The highest BCUT2D eigenvalue weighted by Crippen LogP contribution is 2.28. The molecule has 0 amide bonds. The Kier molecular flexibility index (Phi) is 4.73. The van der Waals surface area contributed by atoms with E-state index in [1.165, 1.54) is 0 Å². The van der Waals surface area contributed by atoms with Gasteiger partial charge in [-0.1, -0.05) is 41.6 Å². The summed E-state index contributed by atoms with van der Waals surface area (Å²) in [5.41, 5.74) is 4.03. The third-order valence-corrected chi connectivity index (χ3v) is 5.07. The van der Waals surface area contributed by atoms with Crippen molar-refractivity contribution in [2.24, 2.45) is 5.92 Å². The summed E-state index contributed by atoms with van der Waals surface area (Å²) in [5.74, 6) is 0.176. The summed E-state index contributed by atoms with van der Waals surface area (Å²) in [6.07, 6.45) is 1.39. The van der Waals surface area contributed by atoms with Gasteiger partial charge in [-0.05, 0) is 43.0 Å². The second kappa shape index (κ2) is 7.32. The Balaban J connectivity index is 1.44. The third-order valence-electron chi connectivity index (χ3n) is 5.07. The number of hydrogen-bond acceptors (Lipinski definition) is 5. The van der Waals surface area contributed by atoms with Crippen LogP contribution in [0.25, 0.3) is 22.8 Å². The molecule has 1 aromatic heterocycles. The number of carboxylic acid groups (broad SMARTS) is 1. The molecule has 1 heterocycles. The first-order valence-corrected chi connectivity index (χ1v) is 9.05. The van der Waals surface area contributed by atoms with E-state index in [0.717, 1.165) is 22.3 Å². The van der Waals surface area contributed by atoms with Crippen LogP contribution < -0.4 is 5.32 Å². The Hall–Kier alpha value is -2.99. The van der Waals surface area contributed by atoms with Gasteiger partial charge in [0.2, 0.25) is 5.82 Å². The molecule has 4 rings (SSSR count). The molecule has 1 saturated carbocycles. The molecule has 138 valence electrons. The van der Waals surface area contributed by atoms with Crippen LogP contribution in [0.15, 0.2) is 53.1 Å². The lowest BCUT2D eigenvalue weighted by Crippen LogP contribution is -2.43. The first kappa shape index (κ1) is 17.4. The zero-order valence-electron chi connectivity index (χ0n) is 15.1. The lowest BCUT2D eigenvalue weighted by atomic mass is 9.80. The van der Waals surface area contributed by atoms with Gasteiger partial charge in [-0.15, -0.1) is 0 Å². The van der Waals surface area contributed by atoms with E-state index in [1.54, 1.807) is 0 Å². The summed E-state index contributed by atoms with van der Waals surface area (Å²) in [4.78, 5) is 15.4. The molecule has 0 bridgehead atoms. The van der Waals surface area contributed by atoms with E-state index in [1.807, 2.05) is 55.5 Å². The Morgan fingerprint density at radius 2 is 2.04 bits per heavy atom. The maximum absolute atomic E-state index is 10.9. The quantitative estimate of drug-likeness (QED) is 0.695. The van der Waals surface area contributed by atoms with Crippen LogP contribution >= 0.6 is 0 Å². The van der Waals surface area contributed by atoms with Gasteiger partial charge in [-0.2, -0.15) is 4.98 Å². The highest BCUT2D eigenvalue weighted by Gasteiger charge is 2.33. The molecule has 1 aliphatic rings. The normalized spacial score (nSPS) is 18.9. The number of aliphatic carboxylic acids is 1. The minimum atomic E-state index is -0.698. The number of hydrogen-bond donors (Lipinski definition) is 2. The first-order valence-electron chi connectivity index (χ1n) is 9.05. The van der Waals surface area contributed by atoms with E-state index in [2.05, 4.69) is 15.5 Å². The van der Waals surface area contributed by atoms with Crippen molar-refractivity contribution in [1.82, 2.24) is 15.5 Å². The number of carbonyl (C=O) groups is 1. The zero-order chi connectivity index (χ0) is 18.8. The van der Waals surface area contributed by atoms with Gasteiger partial charge >= 0.3 is 5.97 Å². The molecule has 1 fully saturated rings. The predicted octanol–water partition coefficient (Wildman–Crippen LogP) is 3.66. The van der Waals surface area contributed by atoms with Crippen LogP contribution in [0.1, 0.15) is 24.0 Å². The number of aryl methyl sites for hydroxylation is 1. The first-order chi connectivity index (χ1) is 13.1. The summed E-state index contributed by atoms with van der Waals surface area (Å²) in [6.45, 7) is 2.70. The van der Waals surface area contributed by atoms with Crippen molar-refractivity contribution in [1.29, 1.82) is 0 Å². The van der Waals surface area contributed by atoms with E-state index in [9.17, 15) is 4.79 Å². The van der Waals surface area contributed by atoms with Gasteiger partial charge in [0.25, 0.3) is 5.89 Å². The highest BCUT2D eigenvalue weighted by molar-refractivity contribution is 5.71. The van der Waals surface area contributed by atoms with Crippen molar-refractivity contribution < 1.29 is 14.4 Å². The van der Waals surface area contributed by atoms with Gasteiger partial charge in [0.1, 0.15) is 0 Å². The molecule has 0 radical (unpaired) electrons. The molecule has 6 nitrogen and oxygen atoms in total. The van der Waals surface area contributed by atoms with Crippen LogP contribution in [0.4, 0.5) is 0 Å². The SMILES string of the molecule is Cc1ccccc1-c1nc(-c2cccc(CNC3CC(C(=O)O)C3)c2)no1. The highest BCUT2D eigenvalue weighted by atomic mass is 16.5.